The van der Waals surface area contributed by atoms with E-state index in [0.717, 1.165) is 10.9 Å². The molecule has 28 heavy (non-hydrogen) atoms. The van der Waals surface area contributed by atoms with E-state index in [-0.39, 0.29) is 5.91 Å². The molecule has 0 saturated carbocycles. The summed E-state index contributed by atoms with van der Waals surface area (Å²) in [6.07, 6.45) is 6.79. The Morgan fingerprint density at radius 1 is 1.00 bits per heavy atom. The van der Waals surface area contributed by atoms with Crippen LogP contribution in [0.4, 0.5) is 0 Å². The fourth-order valence-corrected chi connectivity index (χ4v) is 3.04. The largest absolute Gasteiger partial charge is 0.345 e. The lowest BCUT2D eigenvalue weighted by Crippen LogP contribution is -2.22. The number of carbonyl (C=O) groups is 1. The minimum atomic E-state index is -0.108. The molecule has 0 N–H and O–H groups in total. The average Bonchev–Trinajstić information content (AvgIpc) is 2.73. The van der Waals surface area contributed by atoms with Crippen LogP contribution in [-0.4, -0.2) is 44.8 Å². The first-order valence-electron chi connectivity index (χ1n) is 8.58. The van der Waals surface area contributed by atoms with Crippen molar-refractivity contribution in [3.63, 3.8) is 0 Å². The number of halogens is 1. The van der Waals surface area contributed by atoms with Crippen LogP contribution >= 0.6 is 11.6 Å². The van der Waals surface area contributed by atoms with Gasteiger partial charge in [0.05, 0.1) is 16.8 Å². The predicted molar refractivity (Wildman–Crippen MR) is 109 cm³/mol. The van der Waals surface area contributed by atoms with Gasteiger partial charge in [-0.15, -0.1) is 0 Å². The van der Waals surface area contributed by atoms with Crippen LogP contribution in [0.2, 0.25) is 5.02 Å². The van der Waals surface area contributed by atoms with Gasteiger partial charge in [0.15, 0.2) is 5.82 Å². The highest BCUT2D eigenvalue weighted by atomic mass is 35.5. The monoisotopic (exact) mass is 389 g/mol. The second-order valence-corrected chi connectivity index (χ2v) is 6.89. The number of aromatic nitrogens is 4. The van der Waals surface area contributed by atoms with E-state index in [2.05, 4.69) is 19.9 Å². The first kappa shape index (κ1) is 18.0. The van der Waals surface area contributed by atoms with E-state index >= 15 is 0 Å². The van der Waals surface area contributed by atoms with Crippen LogP contribution in [0, 0.1) is 0 Å². The summed E-state index contributed by atoms with van der Waals surface area (Å²) < 4.78 is 0. The van der Waals surface area contributed by atoms with Gasteiger partial charge >= 0.3 is 0 Å². The topological polar surface area (TPSA) is 71.9 Å². The van der Waals surface area contributed by atoms with E-state index in [1.54, 1.807) is 57.1 Å². The van der Waals surface area contributed by atoms with Gasteiger partial charge in [-0.25, -0.2) is 15.0 Å². The number of fused-ring (bicyclic) bond motifs is 1. The van der Waals surface area contributed by atoms with Crippen LogP contribution in [0.5, 0.6) is 0 Å². The molecule has 0 bridgehead atoms. The maximum atomic E-state index is 12.7. The summed E-state index contributed by atoms with van der Waals surface area (Å²) >= 11 is 6.13. The SMILES string of the molecule is CN(C)C(=O)c1cc(-c2cnc(-c3cccnc3)nc2)nc2cc(Cl)ccc12. The first-order valence-corrected chi connectivity index (χ1v) is 8.95. The molecule has 0 unspecified atom stereocenters. The van der Waals surface area contributed by atoms with Crippen LogP contribution in [0.1, 0.15) is 10.4 Å². The third-order valence-corrected chi connectivity index (χ3v) is 4.51. The fourth-order valence-electron chi connectivity index (χ4n) is 2.87. The van der Waals surface area contributed by atoms with Crippen LogP contribution in [0.3, 0.4) is 0 Å². The molecule has 138 valence electrons. The molecule has 4 aromatic rings. The molecule has 7 heteroatoms. The second-order valence-electron chi connectivity index (χ2n) is 6.45. The van der Waals surface area contributed by atoms with Gasteiger partial charge in [0.2, 0.25) is 0 Å². The van der Waals surface area contributed by atoms with Crippen molar-refractivity contribution in [3.05, 3.63) is 71.8 Å². The number of pyridine rings is 2. The third kappa shape index (κ3) is 3.42. The molecular weight excluding hydrogens is 374 g/mol. The zero-order valence-corrected chi connectivity index (χ0v) is 16.1. The van der Waals surface area contributed by atoms with Gasteiger partial charge in [-0.1, -0.05) is 17.7 Å². The predicted octanol–water partition coefficient (Wildman–Crippen LogP) is 4.11. The van der Waals surface area contributed by atoms with Crippen molar-refractivity contribution in [1.82, 2.24) is 24.8 Å². The van der Waals surface area contributed by atoms with Crippen LogP contribution in [0.15, 0.2) is 61.2 Å². The van der Waals surface area contributed by atoms with Gasteiger partial charge < -0.3 is 4.90 Å². The number of carbonyl (C=O) groups excluding carboxylic acids is 1. The third-order valence-electron chi connectivity index (χ3n) is 4.28. The summed E-state index contributed by atoms with van der Waals surface area (Å²) in [5, 5.41) is 1.31. The number of nitrogens with zero attached hydrogens (tertiary/aromatic N) is 5. The number of amides is 1. The quantitative estimate of drug-likeness (QED) is 0.527. The zero-order valence-electron chi connectivity index (χ0n) is 15.3. The number of rotatable bonds is 3. The fraction of sp³-hybridized carbons (Fsp3) is 0.0952. The van der Waals surface area contributed by atoms with Crippen molar-refractivity contribution in [2.45, 2.75) is 0 Å². The van der Waals surface area contributed by atoms with Crippen LogP contribution in [-0.2, 0) is 0 Å². The number of benzene rings is 1. The lowest BCUT2D eigenvalue weighted by Gasteiger charge is -2.14. The summed E-state index contributed by atoms with van der Waals surface area (Å²) in [5.41, 5.74) is 3.35. The summed E-state index contributed by atoms with van der Waals surface area (Å²) in [4.78, 5) is 31.8. The Bertz CT molecular complexity index is 1160. The maximum Gasteiger partial charge on any atom is 0.254 e. The van der Waals surface area contributed by atoms with Gasteiger partial charge in [0, 0.05) is 60.4 Å². The van der Waals surface area contributed by atoms with Crippen molar-refractivity contribution >= 4 is 28.4 Å². The molecule has 0 saturated heterocycles. The van der Waals surface area contributed by atoms with Crippen molar-refractivity contribution in [2.24, 2.45) is 0 Å². The molecule has 0 aliphatic heterocycles. The van der Waals surface area contributed by atoms with Gasteiger partial charge in [-0.05, 0) is 30.3 Å². The van der Waals surface area contributed by atoms with E-state index in [1.807, 2.05) is 18.2 Å². The lowest BCUT2D eigenvalue weighted by molar-refractivity contribution is 0.0829. The van der Waals surface area contributed by atoms with E-state index in [0.29, 0.717) is 33.2 Å². The maximum absolute atomic E-state index is 12.7. The van der Waals surface area contributed by atoms with Crippen molar-refractivity contribution in [2.75, 3.05) is 14.1 Å². The summed E-state index contributed by atoms with van der Waals surface area (Å²) in [7, 11) is 3.44. The lowest BCUT2D eigenvalue weighted by atomic mass is 10.0. The molecule has 3 aromatic heterocycles. The Labute approximate surface area is 166 Å². The van der Waals surface area contributed by atoms with Gasteiger partial charge in [-0.2, -0.15) is 0 Å². The Kier molecular flexibility index (Phi) is 4.71. The van der Waals surface area contributed by atoms with Crippen molar-refractivity contribution in [1.29, 1.82) is 0 Å². The summed E-state index contributed by atoms with van der Waals surface area (Å²) in [5.74, 6) is 0.467. The molecule has 0 aliphatic rings. The van der Waals surface area contributed by atoms with Gasteiger partial charge in [-0.3, -0.25) is 9.78 Å². The molecule has 0 spiro atoms. The smallest absolute Gasteiger partial charge is 0.254 e. The second kappa shape index (κ2) is 7.32. The van der Waals surface area contributed by atoms with E-state index < -0.39 is 0 Å². The molecule has 3 heterocycles. The number of hydrogen-bond donors (Lipinski definition) is 0. The van der Waals surface area contributed by atoms with Crippen molar-refractivity contribution in [3.8, 4) is 22.6 Å². The standard InChI is InChI=1S/C21H16ClN5O/c1-27(2)21(28)17-9-18(26-19-8-15(22)5-6-16(17)19)14-11-24-20(25-12-14)13-4-3-7-23-10-13/h3-12H,1-2H3. The molecule has 0 atom stereocenters. The highest BCUT2D eigenvalue weighted by Crippen LogP contribution is 2.27. The molecule has 0 radical (unpaired) electrons. The molecule has 1 aromatic carbocycles. The Morgan fingerprint density at radius 2 is 1.79 bits per heavy atom. The van der Waals surface area contributed by atoms with Crippen molar-refractivity contribution < 1.29 is 4.79 Å². The Hall–Kier alpha value is -3.38. The zero-order chi connectivity index (χ0) is 19.7. The molecular formula is C21H16ClN5O. The minimum Gasteiger partial charge on any atom is -0.345 e. The molecule has 1 amide bonds. The van der Waals surface area contributed by atoms with E-state index in [4.69, 9.17) is 11.6 Å². The minimum absolute atomic E-state index is 0.108. The Balaban J connectivity index is 1.83. The normalized spacial score (nSPS) is 10.8. The summed E-state index contributed by atoms with van der Waals surface area (Å²) in [6, 6.07) is 10.8. The highest BCUT2D eigenvalue weighted by Gasteiger charge is 2.16. The van der Waals surface area contributed by atoms with E-state index in [1.165, 1.54) is 4.90 Å². The Morgan fingerprint density at radius 3 is 2.46 bits per heavy atom. The molecule has 0 aliphatic carbocycles. The first-order chi connectivity index (χ1) is 13.5. The van der Waals surface area contributed by atoms with Gasteiger partial charge in [0.25, 0.3) is 5.91 Å². The number of hydrogen-bond acceptors (Lipinski definition) is 5. The molecule has 0 fully saturated rings. The van der Waals surface area contributed by atoms with Crippen LogP contribution in [0.25, 0.3) is 33.5 Å². The van der Waals surface area contributed by atoms with E-state index in [9.17, 15) is 4.79 Å². The highest BCUT2D eigenvalue weighted by molar-refractivity contribution is 6.31. The average molecular weight is 390 g/mol. The van der Waals surface area contributed by atoms with Gasteiger partial charge in [0.1, 0.15) is 0 Å². The molecule has 6 nitrogen and oxygen atoms in total. The van der Waals surface area contributed by atoms with Crippen LogP contribution < -0.4 is 0 Å². The molecule has 4 rings (SSSR count). The summed E-state index contributed by atoms with van der Waals surface area (Å²) in [6.45, 7) is 0.